The molecule has 192 valence electrons. The minimum absolute atomic E-state index is 0.0115. The Morgan fingerprint density at radius 1 is 0.895 bits per heavy atom. The fourth-order valence-electron chi connectivity index (χ4n) is 4.78. The Labute approximate surface area is 221 Å². The first-order chi connectivity index (χ1) is 18.2. The number of aliphatic hydroxyl groups is 1. The van der Waals surface area contributed by atoms with E-state index in [1.54, 1.807) is 37.3 Å². The second-order valence-corrected chi connectivity index (χ2v) is 9.66. The van der Waals surface area contributed by atoms with Crippen LogP contribution < -0.4 is 9.64 Å². The minimum Gasteiger partial charge on any atom is -0.507 e. The van der Waals surface area contributed by atoms with Gasteiger partial charge in [-0.3, -0.25) is 14.5 Å². The van der Waals surface area contributed by atoms with Gasteiger partial charge in [0.2, 0.25) is 0 Å². The highest BCUT2D eigenvalue weighted by atomic mass is 16.5. The van der Waals surface area contributed by atoms with Crippen LogP contribution in [0.5, 0.6) is 5.75 Å². The number of furan rings is 1. The van der Waals surface area contributed by atoms with Crippen LogP contribution in [0.1, 0.15) is 45.4 Å². The summed E-state index contributed by atoms with van der Waals surface area (Å²) in [7, 11) is 0. The van der Waals surface area contributed by atoms with Gasteiger partial charge in [0.15, 0.2) is 0 Å². The van der Waals surface area contributed by atoms with Crippen molar-refractivity contribution < 1.29 is 23.8 Å². The number of aryl methyl sites for hydroxylation is 4. The van der Waals surface area contributed by atoms with Gasteiger partial charge in [-0.2, -0.15) is 0 Å². The van der Waals surface area contributed by atoms with Gasteiger partial charge in [0.1, 0.15) is 35.7 Å². The molecular formula is C32H29NO5. The summed E-state index contributed by atoms with van der Waals surface area (Å²) in [6.07, 6.45) is 0. The van der Waals surface area contributed by atoms with E-state index in [4.69, 9.17) is 9.15 Å². The minimum atomic E-state index is -0.904. The lowest BCUT2D eigenvalue weighted by Crippen LogP contribution is -2.30. The molecule has 1 unspecified atom stereocenters. The van der Waals surface area contributed by atoms with Gasteiger partial charge in [-0.1, -0.05) is 42.5 Å². The van der Waals surface area contributed by atoms with Crippen molar-refractivity contribution in [1.29, 1.82) is 0 Å². The van der Waals surface area contributed by atoms with Crippen LogP contribution in [0.3, 0.4) is 0 Å². The van der Waals surface area contributed by atoms with Crippen LogP contribution in [0.4, 0.5) is 5.69 Å². The second-order valence-electron chi connectivity index (χ2n) is 9.66. The highest BCUT2D eigenvalue weighted by Crippen LogP contribution is 2.44. The Balaban J connectivity index is 1.57. The number of hydrogen-bond acceptors (Lipinski definition) is 5. The summed E-state index contributed by atoms with van der Waals surface area (Å²) >= 11 is 0. The van der Waals surface area contributed by atoms with E-state index >= 15 is 0 Å². The van der Waals surface area contributed by atoms with Crippen molar-refractivity contribution in [3.63, 3.8) is 0 Å². The Bertz CT molecular complexity index is 1560. The number of ether oxygens (including phenoxy) is 1. The fraction of sp³-hybridized carbons (Fsp3) is 0.188. The van der Waals surface area contributed by atoms with Crippen molar-refractivity contribution in [1.82, 2.24) is 0 Å². The summed E-state index contributed by atoms with van der Waals surface area (Å²) in [4.78, 5) is 28.3. The molecule has 6 nitrogen and oxygen atoms in total. The van der Waals surface area contributed by atoms with Crippen LogP contribution in [0.25, 0.3) is 5.76 Å². The van der Waals surface area contributed by atoms with Gasteiger partial charge in [-0.05, 0) is 86.3 Å². The van der Waals surface area contributed by atoms with Crippen molar-refractivity contribution in [2.24, 2.45) is 0 Å². The number of benzene rings is 3. The lowest BCUT2D eigenvalue weighted by molar-refractivity contribution is -0.132. The second kappa shape index (κ2) is 10.1. The first-order valence-electron chi connectivity index (χ1n) is 12.5. The molecule has 0 radical (unpaired) electrons. The molecule has 1 aliphatic heterocycles. The van der Waals surface area contributed by atoms with Crippen LogP contribution in [0.15, 0.2) is 88.9 Å². The van der Waals surface area contributed by atoms with Gasteiger partial charge in [-0.25, -0.2) is 0 Å². The summed E-state index contributed by atoms with van der Waals surface area (Å²) in [5.41, 5.74) is 4.62. The van der Waals surface area contributed by atoms with Gasteiger partial charge in [0.05, 0.1) is 5.57 Å². The van der Waals surface area contributed by atoms with E-state index in [-0.39, 0.29) is 11.3 Å². The van der Waals surface area contributed by atoms with Gasteiger partial charge >= 0.3 is 0 Å². The highest BCUT2D eigenvalue weighted by Gasteiger charge is 2.48. The normalized spacial score (nSPS) is 16.7. The quantitative estimate of drug-likeness (QED) is 0.178. The van der Waals surface area contributed by atoms with Crippen LogP contribution in [-0.2, 0) is 16.2 Å². The summed E-state index contributed by atoms with van der Waals surface area (Å²) in [5.74, 6) is -0.0123. The zero-order valence-corrected chi connectivity index (χ0v) is 21.8. The van der Waals surface area contributed by atoms with Crippen LogP contribution >= 0.6 is 0 Å². The molecule has 0 spiro atoms. The summed E-state index contributed by atoms with van der Waals surface area (Å²) < 4.78 is 11.9. The number of nitrogens with zero attached hydrogens (tertiary/aromatic N) is 1. The first-order valence-corrected chi connectivity index (χ1v) is 12.5. The number of carbonyl (C=O) groups is 2. The van der Waals surface area contributed by atoms with Gasteiger partial charge < -0.3 is 14.3 Å². The van der Waals surface area contributed by atoms with Crippen LogP contribution in [-0.4, -0.2) is 16.8 Å². The predicted octanol–water partition coefficient (Wildman–Crippen LogP) is 6.72. The third-order valence-corrected chi connectivity index (χ3v) is 6.78. The standard InChI is InChI=1S/C32H29NO5/c1-19-10-11-20(2)25(16-19)33-29(27-14-12-22(4)38-27)28(31(35)32(33)36)30(34)24-13-15-26(21(3)17-24)37-18-23-8-6-5-7-9-23/h5-17,29,34H,18H2,1-4H3/b30-28-. The molecule has 1 atom stereocenters. The number of anilines is 1. The summed E-state index contributed by atoms with van der Waals surface area (Å²) in [5, 5.41) is 11.5. The largest absolute Gasteiger partial charge is 0.507 e. The van der Waals surface area contributed by atoms with E-state index in [2.05, 4.69) is 0 Å². The molecular weight excluding hydrogens is 478 g/mol. The van der Waals surface area contributed by atoms with Gasteiger partial charge in [-0.15, -0.1) is 0 Å². The van der Waals surface area contributed by atoms with Crippen LogP contribution in [0.2, 0.25) is 0 Å². The lowest BCUT2D eigenvalue weighted by Gasteiger charge is -2.25. The molecule has 38 heavy (non-hydrogen) atoms. The number of Topliss-reactive ketones (excluding diaryl/α,β-unsaturated/α-hetero) is 1. The SMILES string of the molecule is Cc1ccc(C)c(N2C(=O)C(=O)/C(=C(\O)c3ccc(OCc4ccccc4)c(C)c3)C2c2ccc(C)o2)c1. The monoisotopic (exact) mass is 507 g/mol. The molecule has 3 aromatic carbocycles. The third-order valence-electron chi connectivity index (χ3n) is 6.78. The number of rotatable bonds is 6. The van der Waals surface area contributed by atoms with Crippen molar-refractivity contribution in [2.75, 3.05) is 4.90 Å². The maximum absolute atomic E-state index is 13.4. The zero-order valence-electron chi connectivity index (χ0n) is 21.8. The maximum atomic E-state index is 13.4. The molecule has 1 amide bonds. The number of carbonyl (C=O) groups excluding carboxylic acids is 2. The molecule has 6 heteroatoms. The molecule has 1 N–H and O–H groups in total. The number of hydrogen-bond donors (Lipinski definition) is 1. The first kappa shape index (κ1) is 25.1. The van der Waals surface area contributed by atoms with Crippen molar-refractivity contribution in [3.05, 3.63) is 124 Å². The number of aliphatic hydroxyl groups excluding tert-OH is 1. The molecule has 4 aromatic rings. The van der Waals surface area contributed by atoms with E-state index in [1.165, 1.54) is 4.90 Å². The Hall–Kier alpha value is -4.58. The third kappa shape index (κ3) is 4.61. The number of amides is 1. The Morgan fingerprint density at radius 2 is 1.66 bits per heavy atom. The molecule has 1 fully saturated rings. The van der Waals surface area contributed by atoms with Gasteiger partial charge in [0.25, 0.3) is 11.7 Å². The maximum Gasteiger partial charge on any atom is 0.300 e. The van der Waals surface area contributed by atoms with E-state index in [1.807, 2.05) is 69.3 Å². The van der Waals surface area contributed by atoms with E-state index in [0.717, 1.165) is 22.3 Å². The zero-order chi connectivity index (χ0) is 27.0. The summed E-state index contributed by atoms with van der Waals surface area (Å²) in [6.45, 7) is 7.89. The smallest absolute Gasteiger partial charge is 0.300 e. The van der Waals surface area contributed by atoms with Gasteiger partial charge in [0, 0.05) is 11.3 Å². The summed E-state index contributed by atoms with van der Waals surface area (Å²) in [6, 6.07) is 23.4. The molecule has 1 aliphatic rings. The van der Waals surface area contributed by atoms with E-state index in [9.17, 15) is 14.7 Å². The fourth-order valence-corrected chi connectivity index (χ4v) is 4.78. The number of ketones is 1. The molecule has 0 saturated carbocycles. The predicted molar refractivity (Wildman–Crippen MR) is 146 cm³/mol. The molecule has 1 aromatic heterocycles. The average Bonchev–Trinajstić information content (AvgIpc) is 3.45. The molecule has 1 saturated heterocycles. The Kier molecular flexibility index (Phi) is 6.64. The van der Waals surface area contributed by atoms with Crippen LogP contribution in [0, 0.1) is 27.7 Å². The van der Waals surface area contributed by atoms with Crippen molar-refractivity contribution in [3.8, 4) is 5.75 Å². The topological polar surface area (TPSA) is 80.0 Å². The average molecular weight is 508 g/mol. The Morgan fingerprint density at radius 3 is 2.34 bits per heavy atom. The molecule has 0 bridgehead atoms. The van der Waals surface area contributed by atoms with E-state index < -0.39 is 17.7 Å². The molecule has 5 rings (SSSR count). The molecule has 2 heterocycles. The van der Waals surface area contributed by atoms with Crippen molar-refractivity contribution in [2.45, 2.75) is 40.3 Å². The molecule has 0 aliphatic carbocycles. The van der Waals surface area contributed by atoms with E-state index in [0.29, 0.717) is 35.1 Å². The highest BCUT2D eigenvalue weighted by molar-refractivity contribution is 6.51. The van der Waals surface area contributed by atoms with Crippen molar-refractivity contribution >= 4 is 23.1 Å². The lowest BCUT2D eigenvalue weighted by atomic mass is 9.98.